The Morgan fingerprint density at radius 2 is 2.10 bits per heavy atom. The van der Waals surface area contributed by atoms with Gasteiger partial charge in [-0.1, -0.05) is 39.3 Å². The molecule has 0 bridgehead atoms. The molecule has 2 aromatic rings. The van der Waals surface area contributed by atoms with Crippen molar-refractivity contribution in [3.05, 3.63) is 41.7 Å². The van der Waals surface area contributed by atoms with E-state index in [0.29, 0.717) is 5.92 Å². The van der Waals surface area contributed by atoms with E-state index in [9.17, 15) is 0 Å². The van der Waals surface area contributed by atoms with Gasteiger partial charge in [-0.25, -0.2) is 4.98 Å². The minimum atomic E-state index is 0.538. The molecule has 1 heterocycles. The number of rotatable bonds is 6. The number of benzene rings is 1. The Morgan fingerprint density at radius 1 is 1.30 bits per heavy atom. The molecule has 0 atom stereocenters. The Bertz CT molecular complexity index is 555. The number of aromatic nitrogens is 2. The van der Waals surface area contributed by atoms with Crippen molar-refractivity contribution in [1.29, 1.82) is 0 Å². The quantitative estimate of drug-likeness (QED) is 0.783. The van der Waals surface area contributed by atoms with E-state index >= 15 is 0 Å². The Balaban J connectivity index is 2.29. The topological polar surface area (TPSA) is 29.9 Å². The van der Waals surface area contributed by atoms with Gasteiger partial charge in [-0.3, -0.25) is 4.57 Å². The van der Waals surface area contributed by atoms with Crippen molar-refractivity contribution in [2.75, 3.05) is 11.9 Å². The van der Waals surface area contributed by atoms with Gasteiger partial charge < -0.3 is 5.32 Å². The predicted molar refractivity (Wildman–Crippen MR) is 85.8 cm³/mol. The van der Waals surface area contributed by atoms with Crippen LogP contribution in [0.4, 0.5) is 5.95 Å². The molecule has 0 aliphatic carbocycles. The number of nitrogens with zero attached hydrogens (tertiary/aromatic N) is 2. The SMILES string of the molecule is CCCCNc1nc(C)cn1-c1cccc(C(C)C)c1. The maximum absolute atomic E-state index is 4.59. The second-order valence-corrected chi connectivity index (χ2v) is 5.61. The summed E-state index contributed by atoms with van der Waals surface area (Å²) in [5.74, 6) is 1.48. The molecule has 2 rings (SSSR count). The highest BCUT2D eigenvalue weighted by Crippen LogP contribution is 2.21. The van der Waals surface area contributed by atoms with Crippen LogP contribution in [0.5, 0.6) is 0 Å². The normalized spacial score (nSPS) is 11.1. The first-order valence-electron chi connectivity index (χ1n) is 7.52. The van der Waals surface area contributed by atoms with Crippen molar-refractivity contribution in [1.82, 2.24) is 9.55 Å². The number of hydrogen-bond acceptors (Lipinski definition) is 2. The van der Waals surface area contributed by atoms with Crippen molar-refractivity contribution in [3.63, 3.8) is 0 Å². The fourth-order valence-corrected chi connectivity index (χ4v) is 2.23. The van der Waals surface area contributed by atoms with E-state index in [0.717, 1.165) is 24.6 Å². The highest BCUT2D eigenvalue weighted by atomic mass is 15.2. The molecule has 0 amide bonds. The minimum absolute atomic E-state index is 0.538. The summed E-state index contributed by atoms with van der Waals surface area (Å²) in [6, 6.07) is 8.69. The smallest absolute Gasteiger partial charge is 0.207 e. The summed E-state index contributed by atoms with van der Waals surface area (Å²) in [7, 11) is 0. The Hall–Kier alpha value is -1.77. The molecule has 0 spiro atoms. The summed E-state index contributed by atoms with van der Waals surface area (Å²) in [5, 5.41) is 3.43. The third-order valence-corrected chi connectivity index (χ3v) is 3.45. The molecule has 108 valence electrons. The molecule has 0 fully saturated rings. The van der Waals surface area contributed by atoms with Crippen molar-refractivity contribution in [2.24, 2.45) is 0 Å². The molecule has 0 saturated heterocycles. The first-order valence-corrected chi connectivity index (χ1v) is 7.52. The number of hydrogen-bond donors (Lipinski definition) is 1. The molecule has 0 unspecified atom stereocenters. The Morgan fingerprint density at radius 3 is 2.80 bits per heavy atom. The number of aryl methyl sites for hydroxylation is 1. The average molecular weight is 271 g/mol. The van der Waals surface area contributed by atoms with Crippen molar-refractivity contribution < 1.29 is 0 Å². The predicted octanol–water partition coefficient (Wildman–Crippen LogP) is 4.52. The van der Waals surface area contributed by atoms with Gasteiger partial charge in [0.15, 0.2) is 0 Å². The first kappa shape index (κ1) is 14.6. The lowest BCUT2D eigenvalue weighted by atomic mass is 10.0. The molecular weight excluding hydrogens is 246 g/mol. The first-order chi connectivity index (χ1) is 9.61. The van der Waals surface area contributed by atoms with Gasteiger partial charge in [-0.15, -0.1) is 0 Å². The van der Waals surface area contributed by atoms with Gasteiger partial charge in [0.1, 0.15) is 0 Å². The Labute approximate surface area is 122 Å². The van der Waals surface area contributed by atoms with Crippen LogP contribution in [0.2, 0.25) is 0 Å². The second-order valence-electron chi connectivity index (χ2n) is 5.61. The molecule has 0 aliphatic heterocycles. The lowest BCUT2D eigenvalue weighted by molar-refractivity contribution is 0.822. The van der Waals surface area contributed by atoms with Crippen LogP contribution in [0.1, 0.15) is 50.8 Å². The molecule has 1 aromatic carbocycles. The zero-order valence-corrected chi connectivity index (χ0v) is 13.0. The van der Waals surface area contributed by atoms with E-state index in [1.54, 1.807) is 0 Å². The zero-order chi connectivity index (χ0) is 14.5. The number of nitrogens with one attached hydrogen (secondary N) is 1. The van der Waals surface area contributed by atoms with Gasteiger partial charge in [0, 0.05) is 18.4 Å². The van der Waals surface area contributed by atoms with Gasteiger partial charge in [0.25, 0.3) is 0 Å². The van der Waals surface area contributed by atoms with Crippen LogP contribution >= 0.6 is 0 Å². The summed E-state index contributed by atoms with van der Waals surface area (Å²) in [6.07, 6.45) is 4.45. The van der Waals surface area contributed by atoms with E-state index in [4.69, 9.17) is 0 Å². The molecule has 0 radical (unpaired) electrons. The highest BCUT2D eigenvalue weighted by Gasteiger charge is 2.08. The maximum Gasteiger partial charge on any atom is 0.207 e. The molecule has 0 saturated carbocycles. The van der Waals surface area contributed by atoms with E-state index in [1.165, 1.54) is 17.7 Å². The summed E-state index contributed by atoms with van der Waals surface area (Å²) in [6.45, 7) is 9.65. The second kappa shape index (κ2) is 6.60. The molecule has 3 nitrogen and oxygen atoms in total. The van der Waals surface area contributed by atoms with Crippen LogP contribution < -0.4 is 5.32 Å². The lowest BCUT2D eigenvalue weighted by Crippen LogP contribution is -2.07. The molecule has 20 heavy (non-hydrogen) atoms. The fourth-order valence-electron chi connectivity index (χ4n) is 2.23. The van der Waals surface area contributed by atoms with Gasteiger partial charge in [-0.05, 0) is 37.0 Å². The van der Waals surface area contributed by atoms with E-state index < -0.39 is 0 Å². The third-order valence-electron chi connectivity index (χ3n) is 3.45. The highest BCUT2D eigenvalue weighted by molar-refractivity contribution is 5.45. The summed E-state index contributed by atoms with van der Waals surface area (Å²) in [5.41, 5.74) is 3.57. The lowest BCUT2D eigenvalue weighted by Gasteiger charge is -2.12. The van der Waals surface area contributed by atoms with Crippen molar-refractivity contribution >= 4 is 5.95 Å². The van der Waals surface area contributed by atoms with Crippen LogP contribution in [-0.2, 0) is 0 Å². The van der Waals surface area contributed by atoms with Crippen LogP contribution in [-0.4, -0.2) is 16.1 Å². The summed E-state index contributed by atoms with van der Waals surface area (Å²) < 4.78 is 2.15. The van der Waals surface area contributed by atoms with Gasteiger partial charge in [0.05, 0.1) is 5.69 Å². The average Bonchev–Trinajstić information content (AvgIpc) is 2.80. The monoisotopic (exact) mass is 271 g/mol. The zero-order valence-electron chi connectivity index (χ0n) is 13.0. The number of imidazole rings is 1. The van der Waals surface area contributed by atoms with Crippen molar-refractivity contribution in [3.8, 4) is 5.69 Å². The van der Waals surface area contributed by atoms with Crippen LogP contribution in [0, 0.1) is 6.92 Å². The standard InChI is InChI=1S/C17H25N3/c1-5-6-10-18-17-19-14(4)12-20(17)16-9-7-8-15(11-16)13(2)3/h7-9,11-13H,5-6,10H2,1-4H3,(H,18,19). The molecule has 0 aliphatic rings. The molecule has 1 N–H and O–H groups in total. The molecule has 3 heteroatoms. The van der Waals surface area contributed by atoms with Gasteiger partial charge in [0.2, 0.25) is 5.95 Å². The Kier molecular flexibility index (Phi) is 4.83. The summed E-state index contributed by atoms with van der Waals surface area (Å²) >= 11 is 0. The van der Waals surface area contributed by atoms with Crippen LogP contribution in [0.15, 0.2) is 30.5 Å². The van der Waals surface area contributed by atoms with E-state index in [2.05, 4.69) is 66.1 Å². The van der Waals surface area contributed by atoms with Crippen LogP contribution in [0.3, 0.4) is 0 Å². The third kappa shape index (κ3) is 3.41. The fraction of sp³-hybridized carbons (Fsp3) is 0.471. The summed E-state index contributed by atoms with van der Waals surface area (Å²) in [4.78, 5) is 4.59. The van der Waals surface area contributed by atoms with E-state index in [1.807, 2.05) is 6.92 Å². The number of anilines is 1. The van der Waals surface area contributed by atoms with E-state index in [-0.39, 0.29) is 0 Å². The molecular formula is C17H25N3. The minimum Gasteiger partial charge on any atom is -0.355 e. The van der Waals surface area contributed by atoms with Crippen molar-refractivity contribution in [2.45, 2.75) is 46.5 Å². The maximum atomic E-state index is 4.59. The largest absolute Gasteiger partial charge is 0.355 e. The molecule has 1 aromatic heterocycles. The van der Waals surface area contributed by atoms with Gasteiger partial charge in [-0.2, -0.15) is 0 Å². The number of unbranched alkanes of at least 4 members (excludes halogenated alkanes) is 1. The van der Waals surface area contributed by atoms with Crippen LogP contribution in [0.25, 0.3) is 5.69 Å². The van der Waals surface area contributed by atoms with Gasteiger partial charge >= 0.3 is 0 Å².